The maximum Gasteiger partial charge on any atom is 0.236 e. The van der Waals surface area contributed by atoms with Gasteiger partial charge in [-0.15, -0.1) is 0 Å². The zero-order valence-corrected chi connectivity index (χ0v) is 77.4. The van der Waals surface area contributed by atoms with Crippen molar-refractivity contribution >= 4 is 41.4 Å². The molecule has 14 aliphatic heterocycles. The van der Waals surface area contributed by atoms with E-state index in [0.717, 1.165) is 367 Å². The Kier molecular flexibility index (Phi) is 47.1. The molecule has 14 aliphatic rings. The van der Waals surface area contributed by atoms with E-state index in [9.17, 15) is 33.6 Å². The van der Waals surface area contributed by atoms with Crippen LogP contribution >= 0.6 is 0 Å². The number of amides is 7. The predicted molar refractivity (Wildman–Crippen MR) is 483 cm³/mol. The highest BCUT2D eigenvalue weighted by Crippen LogP contribution is 2.13. The summed E-state index contributed by atoms with van der Waals surface area (Å²) in [7, 11) is 29.8. The van der Waals surface area contributed by atoms with Crippen LogP contribution in [0.4, 0.5) is 0 Å². The Hall–Kier alpha value is -4.55. The van der Waals surface area contributed by atoms with E-state index >= 15 is 0 Å². The molecule has 0 aromatic heterocycles. The maximum atomic E-state index is 12.1. The summed E-state index contributed by atoms with van der Waals surface area (Å²) in [5.74, 6) is 2.16. The predicted octanol–water partition coefficient (Wildman–Crippen LogP) is -6.31. The highest BCUT2D eigenvalue weighted by atomic mass is 16.2. The first-order chi connectivity index (χ1) is 57.0. The van der Waals surface area contributed by atoms with Gasteiger partial charge in [-0.25, -0.2) is 0 Å². The lowest BCUT2D eigenvalue weighted by Gasteiger charge is -2.36. The van der Waals surface area contributed by atoms with Crippen LogP contribution in [0.2, 0.25) is 0 Å². The summed E-state index contributed by atoms with van der Waals surface area (Å²) < 4.78 is 0. The minimum absolute atomic E-state index is 0. The molecule has 14 saturated heterocycles. The standard InChI is InChI=1S/7C12H24N4O.CH4/c7*1-13-3-7-15(8-4-13)11-12(17)16-9-5-14(2)6-10-16;/h7*3-11H2,1-2H3;1H4. The van der Waals surface area contributed by atoms with E-state index in [4.69, 9.17) is 0 Å². The summed E-state index contributed by atoms with van der Waals surface area (Å²) in [6.45, 7) is 60.3. The van der Waals surface area contributed by atoms with Crippen molar-refractivity contribution in [2.24, 2.45) is 0 Å². The van der Waals surface area contributed by atoms with Gasteiger partial charge in [-0.1, -0.05) is 7.43 Å². The number of likely N-dealkylation sites (N-methyl/N-ethyl adjacent to an activating group) is 14. The molecule has 0 atom stereocenters. The van der Waals surface area contributed by atoms with Gasteiger partial charge in [-0.05, 0) is 98.7 Å². The number of hydrogen-bond donors (Lipinski definition) is 0. The molecule has 0 unspecified atom stereocenters. The van der Waals surface area contributed by atoms with Crippen molar-refractivity contribution in [2.45, 2.75) is 7.43 Å². The van der Waals surface area contributed by atoms with Gasteiger partial charge in [0.2, 0.25) is 41.4 Å². The van der Waals surface area contributed by atoms with Crippen LogP contribution in [0, 0.1) is 0 Å². The molecule has 0 aromatic rings. The van der Waals surface area contributed by atoms with Gasteiger partial charge in [0.05, 0.1) is 45.8 Å². The largest absolute Gasteiger partial charge is 0.339 e. The smallest absolute Gasteiger partial charge is 0.236 e. The van der Waals surface area contributed by atoms with Gasteiger partial charge >= 0.3 is 0 Å². The molecule has 14 rings (SSSR count). The first-order valence-corrected chi connectivity index (χ1v) is 45.7. The van der Waals surface area contributed by atoms with Crippen LogP contribution in [0.1, 0.15) is 7.43 Å². The molecule has 35 nitrogen and oxygen atoms in total. The van der Waals surface area contributed by atoms with Gasteiger partial charge in [0.1, 0.15) is 0 Å². The summed E-state index contributed by atoms with van der Waals surface area (Å²) in [6, 6.07) is 0. The molecule has 0 aliphatic carbocycles. The van der Waals surface area contributed by atoms with Crippen molar-refractivity contribution in [3.8, 4) is 0 Å². The monoisotopic (exact) mass is 1700 g/mol. The highest BCUT2D eigenvalue weighted by molar-refractivity contribution is 5.81. The van der Waals surface area contributed by atoms with Crippen LogP contribution in [-0.4, -0.2) is 690 Å². The Bertz CT molecular complexity index is 2320. The lowest BCUT2D eigenvalue weighted by molar-refractivity contribution is -0.135. The minimum atomic E-state index is 0. The molecule has 0 radical (unpaired) electrons. The molecule has 0 spiro atoms. The highest BCUT2D eigenvalue weighted by Gasteiger charge is 2.31. The summed E-state index contributed by atoms with van der Waals surface area (Å²) in [5.41, 5.74) is 0. The second kappa shape index (κ2) is 55.1. The van der Waals surface area contributed by atoms with E-state index in [1.165, 1.54) is 0 Å². The SMILES string of the molecule is C.CN1CCN(CC(=O)N2CCN(C)CC2)CC1.CN1CCN(CC(=O)N2CCN(C)CC2)CC1.CN1CCN(CC(=O)N2CCN(C)CC2)CC1.CN1CCN(CC(=O)N2CCN(C)CC2)CC1.CN1CCN(CC(=O)N2CCN(C)CC2)CC1.CN1CCN(CC(=O)N2CCN(C)CC2)CC1.CN1CCN(CC(=O)N2CCN(C)CC2)CC1. The van der Waals surface area contributed by atoms with Crippen molar-refractivity contribution < 1.29 is 33.6 Å². The summed E-state index contributed by atoms with van der Waals surface area (Å²) in [6.07, 6.45) is 0. The Labute approximate surface area is 727 Å². The van der Waals surface area contributed by atoms with Gasteiger partial charge in [0.15, 0.2) is 0 Å². The summed E-state index contributed by atoms with van der Waals surface area (Å²) >= 11 is 0. The molecule has 0 bridgehead atoms. The van der Waals surface area contributed by atoms with E-state index in [-0.39, 0.29) is 7.43 Å². The number of carbonyl (C=O) groups is 7. The van der Waals surface area contributed by atoms with E-state index in [1.54, 1.807) is 0 Å². The third kappa shape index (κ3) is 39.1. The number of carbonyl (C=O) groups excluding carboxylic acids is 7. The van der Waals surface area contributed by atoms with Gasteiger partial charge in [0.25, 0.3) is 0 Å². The second-order valence-electron chi connectivity index (χ2n) is 36.8. The Morgan fingerprint density at radius 3 is 0.267 bits per heavy atom. The fourth-order valence-electron chi connectivity index (χ4n) is 16.5. The topological polar surface area (TPSA) is 210 Å². The van der Waals surface area contributed by atoms with Crippen molar-refractivity contribution in [3.63, 3.8) is 0 Å². The fourth-order valence-corrected chi connectivity index (χ4v) is 16.5. The molecule has 35 heteroatoms. The molecular formula is C85H172N28O7. The van der Waals surface area contributed by atoms with Crippen molar-refractivity contribution in [1.29, 1.82) is 0 Å². The molecular weight excluding hydrogens is 1530 g/mol. The molecule has 14 heterocycles. The zero-order chi connectivity index (χ0) is 85.8. The van der Waals surface area contributed by atoms with Crippen LogP contribution in [0.5, 0.6) is 0 Å². The van der Waals surface area contributed by atoms with Crippen molar-refractivity contribution in [3.05, 3.63) is 0 Å². The molecule has 0 aromatic carbocycles. The first kappa shape index (κ1) is 103. The average molecular weight is 1700 g/mol. The number of hydrogen-bond acceptors (Lipinski definition) is 28. The van der Waals surface area contributed by atoms with Gasteiger partial charge in [-0.3, -0.25) is 67.9 Å². The van der Waals surface area contributed by atoms with E-state index in [0.29, 0.717) is 87.2 Å². The Morgan fingerprint density at radius 2 is 0.192 bits per heavy atom. The van der Waals surface area contributed by atoms with Gasteiger partial charge in [0, 0.05) is 367 Å². The van der Waals surface area contributed by atoms with Crippen LogP contribution < -0.4 is 0 Å². The van der Waals surface area contributed by atoms with Gasteiger partial charge < -0.3 is 103 Å². The summed E-state index contributed by atoms with van der Waals surface area (Å²) in [5, 5.41) is 0. The van der Waals surface area contributed by atoms with E-state index < -0.39 is 0 Å². The third-order valence-corrected chi connectivity index (χ3v) is 26.7. The van der Waals surface area contributed by atoms with Crippen LogP contribution in [-0.2, 0) is 33.6 Å². The van der Waals surface area contributed by atoms with E-state index in [2.05, 4.69) is 202 Å². The van der Waals surface area contributed by atoms with Gasteiger partial charge in [-0.2, -0.15) is 0 Å². The molecule has 694 valence electrons. The van der Waals surface area contributed by atoms with Crippen molar-refractivity contribution in [1.82, 2.24) is 137 Å². The quantitative estimate of drug-likeness (QED) is 0.158. The third-order valence-electron chi connectivity index (χ3n) is 26.7. The Balaban J connectivity index is 0.000000193. The average Bonchev–Trinajstić information content (AvgIpc) is 0.899. The van der Waals surface area contributed by atoms with Crippen LogP contribution in [0.3, 0.4) is 0 Å². The fraction of sp³-hybridized carbons (Fsp3) is 0.918. The number of nitrogens with zero attached hydrogens (tertiary/aromatic N) is 28. The second-order valence-corrected chi connectivity index (χ2v) is 36.8. The molecule has 0 saturated carbocycles. The summed E-state index contributed by atoms with van der Waals surface area (Å²) in [4.78, 5) is 147. The maximum absolute atomic E-state index is 12.1. The molecule has 14 fully saturated rings. The lowest BCUT2D eigenvalue weighted by Crippen LogP contribution is -2.52. The molecule has 7 amide bonds. The number of rotatable bonds is 14. The minimum Gasteiger partial charge on any atom is -0.339 e. The molecule has 0 N–H and O–H groups in total. The normalized spacial score (nSPS) is 25.0. The van der Waals surface area contributed by atoms with Crippen molar-refractivity contribution in [2.75, 3.05) is 511 Å². The Morgan fingerprint density at radius 1 is 0.125 bits per heavy atom. The first-order valence-electron chi connectivity index (χ1n) is 45.7. The van der Waals surface area contributed by atoms with Crippen LogP contribution in [0.15, 0.2) is 0 Å². The van der Waals surface area contributed by atoms with E-state index in [1.807, 2.05) is 34.3 Å². The van der Waals surface area contributed by atoms with Crippen LogP contribution in [0.25, 0.3) is 0 Å². The molecule has 120 heavy (non-hydrogen) atoms. The lowest BCUT2D eigenvalue weighted by atomic mass is 10.3. The zero-order valence-electron chi connectivity index (χ0n) is 77.4. The number of piperazine rings is 14.